The van der Waals surface area contributed by atoms with E-state index in [0.717, 1.165) is 27.8 Å². The highest BCUT2D eigenvalue weighted by Crippen LogP contribution is 2.16. The van der Waals surface area contributed by atoms with Crippen LogP contribution in [0.5, 0.6) is 5.75 Å². The molecule has 2 aromatic carbocycles. The Morgan fingerprint density at radius 1 is 1.07 bits per heavy atom. The molecule has 1 atom stereocenters. The fourth-order valence-corrected chi connectivity index (χ4v) is 2.93. The lowest BCUT2D eigenvalue weighted by molar-refractivity contribution is 0.106. The third kappa shape index (κ3) is 4.96. The number of hydrogen-bond acceptors (Lipinski definition) is 4. The average Bonchev–Trinajstić information content (AvgIpc) is 2.63. The van der Waals surface area contributed by atoms with Gasteiger partial charge in [-0.1, -0.05) is 17.7 Å². The van der Waals surface area contributed by atoms with E-state index < -0.39 is 6.10 Å². The summed E-state index contributed by atoms with van der Waals surface area (Å²) in [4.78, 5) is 15.1. The Morgan fingerprint density at radius 2 is 1.89 bits per heavy atom. The fraction of sp³-hybridized carbons (Fsp3) is 0.318. The van der Waals surface area contributed by atoms with E-state index in [2.05, 4.69) is 10.3 Å². The molecule has 0 aliphatic heterocycles. The van der Waals surface area contributed by atoms with Crippen molar-refractivity contribution < 1.29 is 9.84 Å². The molecule has 142 valence electrons. The van der Waals surface area contributed by atoms with Gasteiger partial charge < -0.3 is 20.1 Å². The summed E-state index contributed by atoms with van der Waals surface area (Å²) in [5, 5.41) is 14.2. The molecule has 3 N–H and O–H groups in total. The van der Waals surface area contributed by atoms with Gasteiger partial charge in [0.2, 0.25) is 0 Å². The summed E-state index contributed by atoms with van der Waals surface area (Å²) in [5.74, 6) is 0.749. The number of pyridine rings is 1. The fourth-order valence-electron chi connectivity index (χ4n) is 2.93. The van der Waals surface area contributed by atoms with Gasteiger partial charge in [0.15, 0.2) is 0 Å². The van der Waals surface area contributed by atoms with Crippen molar-refractivity contribution in [3.8, 4) is 5.75 Å². The Balaban J connectivity index is 1.53. The SMILES string of the molecule is Cc1ccc2[nH]c(=O)c(CNC[C@@H](O)COc3ccc(C)c(C)c3)cc2c1. The van der Waals surface area contributed by atoms with Crippen LogP contribution in [0.25, 0.3) is 10.9 Å². The molecule has 27 heavy (non-hydrogen) atoms. The number of hydrogen-bond donors (Lipinski definition) is 3. The molecule has 0 bridgehead atoms. The molecular formula is C22H26N2O3. The van der Waals surface area contributed by atoms with E-state index in [-0.39, 0.29) is 12.2 Å². The lowest BCUT2D eigenvalue weighted by atomic mass is 10.1. The molecule has 0 amide bonds. The Morgan fingerprint density at radius 3 is 2.67 bits per heavy atom. The molecule has 0 saturated carbocycles. The quantitative estimate of drug-likeness (QED) is 0.601. The number of aryl methyl sites for hydroxylation is 3. The highest BCUT2D eigenvalue weighted by Gasteiger charge is 2.08. The number of benzene rings is 2. The molecule has 3 rings (SSSR count). The molecule has 5 heteroatoms. The summed E-state index contributed by atoms with van der Waals surface area (Å²) in [5.41, 5.74) is 4.88. The van der Waals surface area contributed by atoms with Crippen LogP contribution < -0.4 is 15.6 Å². The monoisotopic (exact) mass is 366 g/mol. The molecule has 0 unspecified atom stereocenters. The number of aromatic nitrogens is 1. The summed E-state index contributed by atoms with van der Waals surface area (Å²) < 4.78 is 5.64. The van der Waals surface area contributed by atoms with E-state index in [0.29, 0.717) is 18.7 Å². The highest BCUT2D eigenvalue weighted by atomic mass is 16.5. The van der Waals surface area contributed by atoms with E-state index in [1.165, 1.54) is 5.56 Å². The van der Waals surface area contributed by atoms with Crippen LogP contribution in [-0.4, -0.2) is 29.3 Å². The minimum Gasteiger partial charge on any atom is -0.491 e. The van der Waals surface area contributed by atoms with Crippen LogP contribution in [-0.2, 0) is 6.54 Å². The Labute approximate surface area is 159 Å². The maximum atomic E-state index is 12.2. The number of fused-ring (bicyclic) bond motifs is 1. The van der Waals surface area contributed by atoms with Gasteiger partial charge in [0.1, 0.15) is 18.5 Å². The van der Waals surface area contributed by atoms with E-state index in [1.807, 2.05) is 63.2 Å². The van der Waals surface area contributed by atoms with Crippen LogP contribution in [0.4, 0.5) is 0 Å². The third-order valence-corrected chi connectivity index (χ3v) is 4.69. The van der Waals surface area contributed by atoms with Crippen molar-refractivity contribution in [2.24, 2.45) is 0 Å². The van der Waals surface area contributed by atoms with Crippen molar-refractivity contribution in [3.05, 3.63) is 75.1 Å². The normalized spacial score (nSPS) is 12.3. The predicted octanol–water partition coefficient (Wildman–Crippen LogP) is 2.98. The third-order valence-electron chi connectivity index (χ3n) is 4.69. The zero-order chi connectivity index (χ0) is 19.4. The van der Waals surface area contributed by atoms with Crippen LogP contribution in [0.15, 0.2) is 47.3 Å². The number of rotatable bonds is 7. The second-order valence-electron chi connectivity index (χ2n) is 7.06. The van der Waals surface area contributed by atoms with Gasteiger partial charge in [-0.2, -0.15) is 0 Å². The second kappa shape index (κ2) is 8.37. The first kappa shape index (κ1) is 19.1. The maximum Gasteiger partial charge on any atom is 0.252 e. The van der Waals surface area contributed by atoms with E-state index in [4.69, 9.17) is 4.74 Å². The number of H-pyrrole nitrogens is 1. The molecule has 3 aromatic rings. The van der Waals surface area contributed by atoms with Gasteiger partial charge in [0, 0.05) is 24.2 Å². The summed E-state index contributed by atoms with van der Waals surface area (Å²) in [6, 6.07) is 13.7. The molecule has 0 aliphatic rings. The van der Waals surface area contributed by atoms with Gasteiger partial charge in [-0.25, -0.2) is 0 Å². The smallest absolute Gasteiger partial charge is 0.252 e. The molecule has 0 saturated heterocycles. The van der Waals surface area contributed by atoms with Crippen molar-refractivity contribution in [3.63, 3.8) is 0 Å². The first-order valence-corrected chi connectivity index (χ1v) is 9.14. The zero-order valence-electron chi connectivity index (χ0n) is 16.0. The van der Waals surface area contributed by atoms with Gasteiger partial charge in [-0.05, 0) is 67.6 Å². The van der Waals surface area contributed by atoms with E-state index in [9.17, 15) is 9.90 Å². The number of ether oxygens (including phenoxy) is 1. The van der Waals surface area contributed by atoms with Crippen molar-refractivity contribution in [1.29, 1.82) is 0 Å². The first-order valence-electron chi connectivity index (χ1n) is 9.14. The van der Waals surface area contributed by atoms with Crippen LogP contribution in [0.3, 0.4) is 0 Å². The van der Waals surface area contributed by atoms with Crippen LogP contribution in [0.2, 0.25) is 0 Å². The molecule has 5 nitrogen and oxygen atoms in total. The number of aliphatic hydroxyl groups is 1. The average molecular weight is 366 g/mol. The number of aliphatic hydroxyl groups excluding tert-OH is 1. The number of nitrogens with one attached hydrogen (secondary N) is 2. The van der Waals surface area contributed by atoms with Crippen molar-refractivity contribution in [1.82, 2.24) is 10.3 Å². The molecule has 0 spiro atoms. The van der Waals surface area contributed by atoms with Gasteiger partial charge in [0.25, 0.3) is 5.56 Å². The van der Waals surface area contributed by atoms with Gasteiger partial charge in [-0.3, -0.25) is 4.79 Å². The van der Waals surface area contributed by atoms with Crippen LogP contribution in [0.1, 0.15) is 22.3 Å². The van der Waals surface area contributed by atoms with Crippen molar-refractivity contribution in [2.45, 2.75) is 33.4 Å². The molecular weight excluding hydrogens is 340 g/mol. The van der Waals surface area contributed by atoms with Gasteiger partial charge in [-0.15, -0.1) is 0 Å². The number of aromatic amines is 1. The molecule has 0 fully saturated rings. The van der Waals surface area contributed by atoms with Gasteiger partial charge >= 0.3 is 0 Å². The summed E-state index contributed by atoms with van der Waals surface area (Å²) >= 11 is 0. The van der Waals surface area contributed by atoms with Crippen LogP contribution >= 0.6 is 0 Å². The molecule has 1 heterocycles. The standard InChI is InChI=1S/C22H26N2O3/c1-14-4-7-21-17(8-14)10-18(22(26)24-21)11-23-12-19(25)13-27-20-6-5-15(2)16(3)9-20/h4-10,19,23,25H,11-13H2,1-3H3,(H,24,26)/t19-/m1/s1. The summed E-state index contributed by atoms with van der Waals surface area (Å²) in [7, 11) is 0. The van der Waals surface area contributed by atoms with Gasteiger partial charge in [0.05, 0.1) is 0 Å². The lowest BCUT2D eigenvalue weighted by Gasteiger charge is -2.14. The Bertz CT molecular complexity index is 995. The molecule has 0 aliphatic carbocycles. The van der Waals surface area contributed by atoms with Crippen molar-refractivity contribution >= 4 is 10.9 Å². The lowest BCUT2D eigenvalue weighted by Crippen LogP contribution is -2.32. The first-order chi connectivity index (χ1) is 12.9. The molecule has 0 radical (unpaired) electrons. The Kier molecular flexibility index (Phi) is 5.94. The summed E-state index contributed by atoms with van der Waals surface area (Å²) in [6.07, 6.45) is -0.659. The molecule has 1 aromatic heterocycles. The summed E-state index contributed by atoms with van der Waals surface area (Å²) in [6.45, 7) is 7.03. The minimum atomic E-state index is -0.659. The second-order valence-corrected chi connectivity index (χ2v) is 7.06. The van der Waals surface area contributed by atoms with Crippen LogP contribution in [0, 0.1) is 20.8 Å². The topological polar surface area (TPSA) is 74.4 Å². The van der Waals surface area contributed by atoms with E-state index >= 15 is 0 Å². The Hall–Kier alpha value is -2.63. The predicted molar refractivity (Wildman–Crippen MR) is 108 cm³/mol. The van der Waals surface area contributed by atoms with Crippen molar-refractivity contribution in [2.75, 3.05) is 13.2 Å². The highest BCUT2D eigenvalue weighted by molar-refractivity contribution is 5.79. The largest absolute Gasteiger partial charge is 0.491 e. The van der Waals surface area contributed by atoms with E-state index in [1.54, 1.807) is 0 Å². The zero-order valence-corrected chi connectivity index (χ0v) is 16.0. The minimum absolute atomic E-state index is 0.111. The maximum absolute atomic E-state index is 12.2.